The monoisotopic (exact) mass is 412 g/mol. The summed E-state index contributed by atoms with van der Waals surface area (Å²) in [7, 11) is -3.65. The number of halogens is 2. The number of aliphatic hydroxyl groups is 1. The molecule has 0 bridgehead atoms. The van der Waals surface area contributed by atoms with E-state index in [9.17, 15) is 13.5 Å². The van der Waals surface area contributed by atoms with Crippen LogP contribution in [0.1, 0.15) is 12.8 Å². The molecule has 1 aliphatic rings. The number of anilines is 1. The van der Waals surface area contributed by atoms with Gasteiger partial charge in [0.25, 0.3) is 0 Å². The third kappa shape index (κ3) is 3.13. The van der Waals surface area contributed by atoms with Crippen molar-refractivity contribution in [3.05, 3.63) is 21.1 Å². The van der Waals surface area contributed by atoms with Gasteiger partial charge in [0.2, 0.25) is 10.0 Å². The predicted octanol–water partition coefficient (Wildman–Crippen LogP) is 1.94. The molecule has 0 spiro atoms. The average molecular weight is 414 g/mol. The van der Waals surface area contributed by atoms with Crippen molar-refractivity contribution in [2.75, 3.05) is 18.8 Å². The van der Waals surface area contributed by atoms with E-state index in [1.807, 2.05) is 0 Å². The molecule has 1 unspecified atom stereocenters. The molecule has 5 nitrogen and oxygen atoms in total. The number of hydrogen-bond acceptors (Lipinski definition) is 4. The van der Waals surface area contributed by atoms with Gasteiger partial charge in [0, 0.05) is 27.7 Å². The number of sulfonamides is 1. The molecule has 2 rings (SSSR count). The predicted molar refractivity (Wildman–Crippen MR) is 80.3 cm³/mol. The van der Waals surface area contributed by atoms with Crippen LogP contribution in [0.4, 0.5) is 5.69 Å². The summed E-state index contributed by atoms with van der Waals surface area (Å²) in [5, 5.41) is 9.62. The number of aliphatic hydroxyl groups excluding tert-OH is 1. The lowest BCUT2D eigenvalue weighted by Gasteiger charge is -2.29. The standard InChI is InChI=1S/C11H14Br2N2O3S/c12-9-4-7(14)5-10(13)11(9)19(17,18)15-3-1-2-8(16)6-15/h4-5,8,16H,1-3,6,14H2. The molecule has 106 valence electrons. The third-order valence-corrected chi connectivity index (χ3v) is 6.72. The van der Waals surface area contributed by atoms with Crippen molar-refractivity contribution >= 4 is 47.6 Å². The van der Waals surface area contributed by atoms with Gasteiger partial charge in [-0.2, -0.15) is 4.31 Å². The number of benzene rings is 1. The Morgan fingerprint density at radius 3 is 2.42 bits per heavy atom. The molecule has 0 radical (unpaired) electrons. The van der Waals surface area contributed by atoms with E-state index in [4.69, 9.17) is 5.73 Å². The van der Waals surface area contributed by atoms with Gasteiger partial charge in [-0.15, -0.1) is 0 Å². The highest BCUT2D eigenvalue weighted by atomic mass is 79.9. The largest absolute Gasteiger partial charge is 0.399 e. The lowest BCUT2D eigenvalue weighted by atomic mass is 10.1. The van der Waals surface area contributed by atoms with E-state index in [0.29, 0.717) is 34.0 Å². The van der Waals surface area contributed by atoms with Crippen LogP contribution in [0.15, 0.2) is 26.0 Å². The summed E-state index contributed by atoms with van der Waals surface area (Å²) in [4.78, 5) is 0.149. The second kappa shape index (κ2) is 5.69. The summed E-state index contributed by atoms with van der Waals surface area (Å²) in [5.74, 6) is 0. The van der Waals surface area contributed by atoms with E-state index in [2.05, 4.69) is 31.9 Å². The summed E-state index contributed by atoms with van der Waals surface area (Å²) in [6, 6.07) is 3.11. The number of piperidine rings is 1. The van der Waals surface area contributed by atoms with Crippen LogP contribution in [-0.4, -0.2) is 37.0 Å². The number of β-amino-alcohol motifs (C(OH)–C–C–N with tert-alkyl or cyclic N) is 1. The van der Waals surface area contributed by atoms with Crippen molar-refractivity contribution in [1.29, 1.82) is 0 Å². The topological polar surface area (TPSA) is 83.6 Å². The molecule has 1 aliphatic heterocycles. The first-order valence-electron chi connectivity index (χ1n) is 5.75. The highest BCUT2D eigenvalue weighted by Crippen LogP contribution is 2.35. The Morgan fingerprint density at radius 2 is 1.89 bits per heavy atom. The Balaban J connectivity index is 2.45. The first kappa shape index (κ1) is 15.2. The maximum Gasteiger partial charge on any atom is 0.245 e. The molecule has 3 N–H and O–H groups in total. The Kier molecular flexibility index (Phi) is 4.56. The van der Waals surface area contributed by atoms with Gasteiger partial charge in [0.15, 0.2) is 0 Å². The lowest BCUT2D eigenvalue weighted by Crippen LogP contribution is -2.42. The number of nitrogen functional groups attached to an aromatic ring is 1. The number of rotatable bonds is 2. The molecular formula is C11H14Br2N2O3S. The number of nitrogens with two attached hydrogens (primary N) is 1. The van der Waals surface area contributed by atoms with E-state index >= 15 is 0 Å². The Hall–Kier alpha value is -0.150. The first-order chi connectivity index (χ1) is 8.82. The van der Waals surface area contributed by atoms with Gasteiger partial charge in [-0.1, -0.05) is 0 Å². The second-order valence-electron chi connectivity index (χ2n) is 4.47. The van der Waals surface area contributed by atoms with Crippen molar-refractivity contribution in [2.24, 2.45) is 0 Å². The van der Waals surface area contributed by atoms with Crippen molar-refractivity contribution in [2.45, 2.75) is 23.8 Å². The van der Waals surface area contributed by atoms with E-state index in [1.165, 1.54) is 4.31 Å². The molecule has 8 heteroatoms. The van der Waals surface area contributed by atoms with Gasteiger partial charge in [-0.25, -0.2) is 8.42 Å². The van der Waals surface area contributed by atoms with Crippen LogP contribution >= 0.6 is 31.9 Å². The molecular weight excluding hydrogens is 400 g/mol. The minimum absolute atomic E-state index is 0.131. The minimum atomic E-state index is -3.65. The molecule has 1 aromatic rings. The smallest absolute Gasteiger partial charge is 0.245 e. The fraction of sp³-hybridized carbons (Fsp3) is 0.455. The molecule has 0 amide bonds. The van der Waals surface area contributed by atoms with Crippen LogP contribution in [0.25, 0.3) is 0 Å². The summed E-state index contributed by atoms with van der Waals surface area (Å²) in [6.07, 6.45) is 0.690. The summed E-state index contributed by atoms with van der Waals surface area (Å²) >= 11 is 6.47. The van der Waals surface area contributed by atoms with Crippen LogP contribution in [0.5, 0.6) is 0 Å². The molecule has 0 saturated carbocycles. The maximum absolute atomic E-state index is 12.6. The highest BCUT2D eigenvalue weighted by molar-refractivity contribution is 9.11. The summed E-state index contributed by atoms with van der Waals surface area (Å²) < 4.78 is 27.3. The fourth-order valence-corrected chi connectivity index (χ4v) is 6.15. The van der Waals surface area contributed by atoms with Crippen molar-refractivity contribution in [3.8, 4) is 0 Å². The SMILES string of the molecule is Nc1cc(Br)c(S(=O)(=O)N2CCCC(O)C2)c(Br)c1. The highest BCUT2D eigenvalue weighted by Gasteiger charge is 2.32. The van der Waals surface area contributed by atoms with Gasteiger partial charge in [0.05, 0.1) is 6.10 Å². The molecule has 1 heterocycles. The van der Waals surface area contributed by atoms with Crippen LogP contribution in [0.2, 0.25) is 0 Å². The van der Waals surface area contributed by atoms with Gasteiger partial charge in [-0.05, 0) is 56.8 Å². The summed E-state index contributed by atoms with van der Waals surface area (Å²) in [5.41, 5.74) is 6.13. The summed E-state index contributed by atoms with van der Waals surface area (Å²) in [6.45, 7) is 0.550. The van der Waals surface area contributed by atoms with Crippen LogP contribution in [0, 0.1) is 0 Å². The van der Waals surface area contributed by atoms with Gasteiger partial charge in [0.1, 0.15) is 4.90 Å². The van der Waals surface area contributed by atoms with E-state index in [0.717, 1.165) is 0 Å². The van der Waals surface area contributed by atoms with Crippen LogP contribution in [0.3, 0.4) is 0 Å². The lowest BCUT2D eigenvalue weighted by molar-refractivity contribution is 0.108. The normalized spacial score (nSPS) is 21.5. The zero-order chi connectivity index (χ0) is 14.2. The third-order valence-electron chi connectivity index (χ3n) is 2.98. The molecule has 19 heavy (non-hydrogen) atoms. The zero-order valence-electron chi connectivity index (χ0n) is 10.0. The quantitative estimate of drug-likeness (QED) is 0.725. The molecule has 1 aromatic carbocycles. The molecule has 1 atom stereocenters. The first-order valence-corrected chi connectivity index (χ1v) is 8.77. The van der Waals surface area contributed by atoms with E-state index < -0.39 is 16.1 Å². The van der Waals surface area contributed by atoms with Crippen molar-refractivity contribution in [3.63, 3.8) is 0 Å². The maximum atomic E-state index is 12.6. The van der Waals surface area contributed by atoms with Crippen LogP contribution < -0.4 is 5.73 Å². The van der Waals surface area contributed by atoms with Gasteiger partial charge >= 0.3 is 0 Å². The van der Waals surface area contributed by atoms with Crippen molar-refractivity contribution < 1.29 is 13.5 Å². The number of hydrogen-bond donors (Lipinski definition) is 2. The minimum Gasteiger partial charge on any atom is -0.399 e. The van der Waals surface area contributed by atoms with E-state index in [1.54, 1.807) is 12.1 Å². The van der Waals surface area contributed by atoms with E-state index in [-0.39, 0.29) is 11.4 Å². The molecule has 0 aromatic heterocycles. The van der Waals surface area contributed by atoms with Crippen molar-refractivity contribution in [1.82, 2.24) is 4.31 Å². The Bertz CT molecular complexity index is 569. The molecule has 0 aliphatic carbocycles. The molecule has 1 saturated heterocycles. The van der Waals surface area contributed by atoms with Crippen LogP contribution in [-0.2, 0) is 10.0 Å². The average Bonchev–Trinajstić information content (AvgIpc) is 2.26. The fourth-order valence-electron chi connectivity index (χ4n) is 2.09. The Labute approximate surface area is 129 Å². The zero-order valence-corrected chi connectivity index (χ0v) is 14.0. The van der Waals surface area contributed by atoms with Gasteiger partial charge in [-0.3, -0.25) is 0 Å². The second-order valence-corrected chi connectivity index (χ2v) is 8.06. The molecule has 1 fully saturated rings. The Morgan fingerprint density at radius 1 is 1.32 bits per heavy atom. The number of nitrogens with zero attached hydrogens (tertiary/aromatic N) is 1. The van der Waals surface area contributed by atoms with Gasteiger partial charge < -0.3 is 10.8 Å².